The predicted octanol–water partition coefficient (Wildman–Crippen LogP) is 3.07. The van der Waals surface area contributed by atoms with Gasteiger partial charge in [-0.15, -0.1) is 6.58 Å². The Hall–Kier alpha value is -1.44. The largest absolute Gasteiger partial charge is 0.492 e. The van der Waals surface area contributed by atoms with Gasteiger partial charge in [-0.1, -0.05) is 18.2 Å². The summed E-state index contributed by atoms with van der Waals surface area (Å²) < 4.78 is 5.49. The lowest BCUT2D eigenvalue weighted by Crippen LogP contribution is -2.12. The maximum Gasteiger partial charge on any atom is 0.142 e. The van der Waals surface area contributed by atoms with Gasteiger partial charge in [-0.25, -0.2) is 0 Å². The summed E-state index contributed by atoms with van der Waals surface area (Å²) in [7, 11) is 0. The van der Waals surface area contributed by atoms with Crippen molar-refractivity contribution in [1.29, 1.82) is 0 Å². The number of ether oxygens (including phenoxy) is 1. The Labute approximate surface area is 85.6 Å². The summed E-state index contributed by atoms with van der Waals surface area (Å²) in [5.74, 6) is 0.892. The van der Waals surface area contributed by atoms with Crippen molar-refractivity contribution in [2.24, 2.45) is 0 Å². The first-order chi connectivity index (χ1) is 6.77. The van der Waals surface area contributed by atoms with Crippen LogP contribution in [0.2, 0.25) is 0 Å². The standard InChI is InChI=1S/C12H17NO/c1-4-10(3)13-11-8-6-7-9-12(11)14-5-2/h4,6-10,13H,1,5H2,2-3H3. The lowest BCUT2D eigenvalue weighted by molar-refractivity contribution is 0.341. The fourth-order valence-corrected chi connectivity index (χ4v) is 1.17. The first-order valence-corrected chi connectivity index (χ1v) is 4.88. The normalized spacial score (nSPS) is 11.9. The summed E-state index contributed by atoms with van der Waals surface area (Å²) in [5, 5.41) is 3.30. The van der Waals surface area contributed by atoms with E-state index in [9.17, 15) is 0 Å². The van der Waals surface area contributed by atoms with Crippen LogP contribution in [0.1, 0.15) is 13.8 Å². The highest BCUT2D eigenvalue weighted by Crippen LogP contribution is 2.24. The maximum absolute atomic E-state index is 5.49. The molecule has 0 amide bonds. The van der Waals surface area contributed by atoms with E-state index in [0.29, 0.717) is 6.61 Å². The van der Waals surface area contributed by atoms with E-state index in [1.807, 2.05) is 37.3 Å². The summed E-state index contributed by atoms with van der Waals surface area (Å²) in [5.41, 5.74) is 1.02. The molecule has 0 aliphatic heterocycles. The number of anilines is 1. The van der Waals surface area contributed by atoms with Crippen LogP contribution in [0.4, 0.5) is 5.69 Å². The third-order valence-corrected chi connectivity index (χ3v) is 1.92. The smallest absolute Gasteiger partial charge is 0.142 e. The molecule has 0 radical (unpaired) electrons. The molecule has 14 heavy (non-hydrogen) atoms. The van der Waals surface area contributed by atoms with Crippen molar-refractivity contribution in [3.63, 3.8) is 0 Å². The molecule has 0 spiro atoms. The van der Waals surface area contributed by atoms with Gasteiger partial charge in [0, 0.05) is 6.04 Å². The lowest BCUT2D eigenvalue weighted by atomic mass is 10.2. The van der Waals surface area contributed by atoms with Gasteiger partial charge in [-0.3, -0.25) is 0 Å². The van der Waals surface area contributed by atoms with Crippen molar-refractivity contribution in [2.75, 3.05) is 11.9 Å². The van der Waals surface area contributed by atoms with Crippen molar-refractivity contribution >= 4 is 5.69 Å². The quantitative estimate of drug-likeness (QED) is 0.722. The van der Waals surface area contributed by atoms with Crippen LogP contribution in [0.15, 0.2) is 36.9 Å². The molecule has 1 aromatic rings. The molecular formula is C12H17NO. The van der Waals surface area contributed by atoms with E-state index in [4.69, 9.17) is 4.74 Å². The third kappa shape index (κ3) is 2.80. The second-order valence-electron chi connectivity index (χ2n) is 3.10. The van der Waals surface area contributed by atoms with Gasteiger partial charge >= 0.3 is 0 Å². The third-order valence-electron chi connectivity index (χ3n) is 1.92. The Bertz CT molecular complexity index is 296. The zero-order valence-electron chi connectivity index (χ0n) is 8.79. The van der Waals surface area contributed by atoms with Crippen LogP contribution in [0.5, 0.6) is 5.75 Å². The number of nitrogens with one attached hydrogen (secondary N) is 1. The van der Waals surface area contributed by atoms with E-state index in [1.54, 1.807) is 0 Å². The fraction of sp³-hybridized carbons (Fsp3) is 0.333. The van der Waals surface area contributed by atoms with Gasteiger partial charge in [-0.05, 0) is 26.0 Å². The molecule has 2 nitrogen and oxygen atoms in total. The van der Waals surface area contributed by atoms with Gasteiger partial charge in [0.1, 0.15) is 5.75 Å². The van der Waals surface area contributed by atoms with E-state index in [2.05, 4.69) is 18.8 Å². The average Bonchev–Trinajstić information content (AvgIpc) is 2.21. The van der Waals surface area contributed by atoms with Crippen molar-refractivity contribution in [2.45, 2.75) is 19.9 Å². The number of rotatable bonds is 5. The first kappa shape index (κ1) is 10.6. The van der Waals surface area contributed by atoms with Crippen molar-refractivity contribution < 1.29 is 4.74 Å². The number of benzene rings is 1. The minimum absolute atomic E-state index is 0.247. The minimum atomic E-state index is 0.247. The zero-order valence-corrected chi connectivity index (χ0v) is 8.79. The summed E-state index contributed by atoms with van der Waals surface area (Å²) >= 11 is 0. The maximum atomic E-state index is 5.49. The number of hydrogen-bond acceptors (Lipinski definition) is 2. The SMILES string of the molecule is C=CC(C)Nc1ccccc1OCC. The molecule has 0 aliphatic carbocycles. The summed E-state index contributed by atoms with van der Waals surface area (Å²) in [6, 6.07) is 8.17. The Morgan fingerprint density at radius 2 is 2.21 bits per heavy atom. The Balaban J connectivity index is 2.78. The molecule has 2 heteroatoms. The van der Waals surface area contributed by atoms with Crippen LogP contribution in [0.3, 0.4) is 0 Å². The average molecular weight is 191 g/mol. The fourth-order valence-electron chi connectivity index (χ4n) is 1.17. The highest BCUT2D eigenvalue weighted by molar-refractivity contribution is 5.57. The highest BCUT2D eigenvalue weighted by Gasteiger charge is 2.03. The van der Waals surface area contributed by atoms with Crippen LogP contribution in [-0.2, 0) is 0 Å². The Morgan fingerprint density at radius 3 is 2.86 bits per heavy atom. The molecule has 76 valence electrons. The van der Waals surface area contributed by atoms with Gasteiger partial charge in [0.2, 0.25) is 0 Å². The molecule has 0 aliphatic rings. The molecule has 1 N–H and O–H groups in total. The van der Waals surface area contributed by atoms with Crippen LogP contribution >= 0.6 is 0 Å². The van der Waals surface area contributed by atoms with Gasteiger partial charge in [0.05, 0.1) is 12.3 Å². The second kappa shape index (κ2) is 5.32. The monoisotopic (exact) mass is 191 g/mol. The topological polar surface area (TPSA) is 21.3 Å². The van der Waals surface area contributed by atoms with E-state index in [0.717, 1.165) is 11.4 Å². The van der Waals surface area contributed by atoms with Crippen LogP contribution in [-0.4, -0.2) is 12.6 Å². The predicted molar refractivity (Wildman–Crippen MR) is 60.9 cm³/mol. The number of hydrogen-bond donors (Lipinski definition) is 1. The summed E-state index contributed by atoms with van der Waals surface area (Å²) in [6.07, 6.45) is 1.86. The van der Waals surface area contributed by atoms with Crippen LogP contribution in [0.25, 0.3) is 0 Å². The van der Waals surface area contributed by atoms with Gasteiger partial charge in [-0.2, -0.15) is 0 Å². The molecule has 0 saturated heterocycles. The van der Waals surface area contributed by atoms with Gasteiger partial charge < -0.3 is 10.1 Å². The number of para-hydroxylation sites is 2. The summed E-state index contributed by atoms with van der Waals surface area (Å²) in [4.78, 5) is 0. The van der Waals surface area contributed by atoms with E-state index < -0.39 is 0 Å². The molecule has 0 fully saturated rings. The molecule has 1 rings (SSSR count). The van der Waals surface area contributed by atoms with E-state index in [1.165, 1.54) is 0 Å². The Kier molecular flexibility index (Phi) is 4.05. The van der Waals surface area contributed by atoms with Crippen molar-refractivity contribution in [3.8, 4) is 5.75 Å². The molecule has 1 aromatic carbocycles. The minimum Gasteiger partial charge on any atom is -0.492 e. The molecule has 1 atom stereocenters. The van der Waals surface area contributed by atoms with Gasteiger partial charge in [0.25, 0.3) is 0 Å². The molecule has 0 aromatic heterocycles. The lowest BCUT2D eigenvalue weighted by Gasteiger charge is -2.14. The molecule has 0 heterocycles. The van der Waals surface area contributed by atoms with Gasteiger partial charge in [0.15, 0.2) is 0 Å². The molecule has 1 unspecified atom stereocenters. The summed E-state index contributed by atoms with van der Waals surface area (Å²) in [6.45, 7) is 8.44. The van der Waals surface area contributed by atoms with E-state index >= 15 is 0 Å². The molecule has 0 saturated carbocycles. The Morgan fingerprint density at radius 1 is 1.50 bits per heavy atom. The van der Waals surface area contributed by atoms with E-state index in [-0.39, 0.29) is 6.04 Å². The molecule has 0 bridgehead atoms. The van der Waals surface area contributed by atoms with Crippen LogP contribution < -0.4 is 10.1 Å². The van der Waals surface area contributed by atoms with Crippen LogP contribution in [0, 0.1) is 0 Å². The van der Waals surface area contributed by atoms with Crippen molar-refractivity contribution in [3.05, 3.63) is 36.9 Å². The second-order valence-corrected chi connectivity index (χ2v) is 3.10. The van der Waals surface area contributed by atoms with Crippen molar-refractivity contribution in [1.82, 2.24) is 0 Å². The zero-order chi connectivity index (χ0) is 10.4. The first-order valence-electron chi connectivity index (χ1n) is 4.88. The molecular weight excluding hydrogens is 174 g/mol. The highest BCUT2D eigenvalue weighted by atomic mass is 16.5.